The zero-order valence-corrected chi connectivity index (χ0v) is 11.5. The molecule has 18 heavy (non-hydrogen) atoms. The van der Waals surface area contributed by atoms with Crippen molar-refractivity contribution in [3.8, 4) is 5.75 Å². The van der Waals surface area contributed by atoms with E-state index in [0.29, 0.717) is 13.1 Å². The molecule has 0 amide bonds. The van der Waals surface area contributed by atoms with E-state index >= 15 is 0 Å². The molecule has 0 saturated carbocycles. The van der Waals surface area contributed by atoms with E-state index < -0.39 is 10.0 Å². The molecule has 0 aliphatic heterocycles. The van der Waals surface area contributed by atoms with Crippen LogP contribution in [0.1, 0.15) is 12.5 Å². The molecule has 1 unspecified atom stereocenters. The van der Waals surface area contributed by atoms with Crippen molar-refractivity contribution in [3.05, 3.63) is 29.8 Å². The molecule has 1 aromatic carbocycles. The van der Waals surface area contributed by atoms with Crippen LogP contribution in [-0.2, 0) is 16.4 Å². The van der Waals surface area contributed by atoms with Crippen LogP contribution >= 0.6 is 0 Å². The van der Waals surface area contributed by atoms with E-state index in [1.54, 1.807) is 12.1 Å². The van der Waals surface area contributed by atoms with E-state index in [4.69, 9.17) is 5.11 Å². The molecule has 0 spiro atoms. The second-order valence-electron chi connectivity index (χ2n) is 4.39. The fraction of sp³-hybridized carbons (Fsp3) is 0.500. The van der Waals surface area contributed by atoms with Crippen LogP contribution in [0.4, 0.5) is 0 Å². The van der Waals surface area contributed by atoms with E-state index in [1.165, 1.54) is 0 Å². The number of phenolic OH excluding ortho intramolecular Hbond substituents is 1. The van der Waals surface area contributed by atoms with Gasteiger partial charge in [-0.05, 0) is 31.0 Å². The quantitative estimate of drug-likeness (QED) is 0.630. The molecule has 6 heteroatoms. The number of benzene rings is 1. The number of nitrogens with one attached hydrogen (secondary N) is 2. The highest BCUT2D eigenvalue weighted by Crippen LogP contribution is 2.10. The summed E-state index contributed by atoms with van der Waals surface area (Å²) in [4.78, 5) is 0. The molecule has 102 valence electrons. The van der Waals surface area contributed by atoms with Crippen LogP contribution in [0.5, 0.6) is 5.75 Å². The third kappa shape index (κ3) is 6.58. The predicted molar refractivity (Wildman–Crippen MR) is 72.1 cm³/mol. The zero-order chi connectivity index (χ0) is 13.6. The first kappa shape index (κ1) is 14.9. The Labute approximate surface area is 108 Å². The van der Waals surface area contributed by atoms with Gasteiger partial charge in [-0.25, -0.2) is 13.1 Å². The summed E-state index contributed by atoms with van der Waals surface area (Å²) >= 11 is 0. The Kier molecular flexibility index (Phi) is 5.58. The molecule has 0 radical (unpaired) electrons. The van der Waals surface area contributed by atoms with Gasteiger partial charge >= 0.3 is 0 Å². The summed E-state index contributed by atoms with van der Waals surface area (Å²) in [5.74, 6) is 0.261. The van der Waals surface area contributed by atoms with Gasteiger partial charge in [0.1, 0.15) is 5.75 Å². The summed E-state index contributed by atoms with van der Waals surface area (Å²) in [5.41, 5.74) is 1.13. The van der Waals surface area contributed by atoms with E-state index in [0.717, 1.165) is 18.2 Å². The van der Waals surface area contributed by atoms with Crippen molar-refractivity contribution in [1.29, 1.82) is 0 Å². The van der Waals surface area contributed by atoms with Gasteiger partial charge in [-0.1, -0.05) is 12.1 Å². The maximum Gasteiger partial charge on any atom is 0.208 e. The Morgan fingerprint density at radius 2 is 1.83 bits per heavy atom. The summed E-state index contributed by atoms with van der Waals surface area (Å²) in [6.07, 6.45) is 1.98. The van der Waals surface area contributed by atoms with Crippen LogP contribution in [0.2, 0.25) is 0 Å². The average Bonchev–Trinajstić information content (AvgIpc) is 2.26. The van der Waals surface area contributed by atoms with Crippen molar-refractivity contribution in [2.75, 3.05) is 19.3 Å². The van der Waals surface area contributed by atoms with Crippen LogP contribution in [0.25, 0.3) is 0 Å². The Bertz CT molecular complexity index is 457. The summed E-state index contributed by atoms with van der Waals surface area (Å²) in [6, 6.07) is 7.32. The Hall–Kier alpha value is -1.11. The Balaban J connectivity index is 2.25. The van der Waals surface area contributed by atoms with Crippen LogP contribution in [0.3, 0.4) is 0 Å². The molecule has 1 aromatic rings. The minimum absolute atomic E-state index is 0.246. The largest absolute Gasteiger partial charge is 0.508 e. The van der Waals surface area contributed by atoms with Gasteiger partial charge in [0.25, 0.3) is 0 Å². The lowest BCUT2D eigenvalue weighted by molar-refractivity contribution is 0.474. The lowest BCUT2D eigenvalue weighted by Crippen LogP contribution is -2.36. The fourth-order valence-corrected chi connectivity index (χ4v) is 2.09. The molecule has 0 fully saturated rings. The predicted octanol–water partition coefficient (Wildman–Crippen LogP) is 0.462. The monoisotopic (exact) mass is 272 g/mol. The fourth-order valence-electron chi connectivity index (χ4n) is 1.61. The van der Waals surface area contributed by atoms with Gasteiger partial charge in [0.05, 0.1) is 6.26 Å². The topological polar surface area (TPSA) is 78.4 Å². The highest BCUT2D eigenvalue weighted by molar-refractivity contribution is 7.88. The third-order valence-corrected chi connectivity index (χ3v) is 3.19. The second kappa shape index (κ2) is 6.72. The van der Waals surface area contributed by atoms with E-state index in [-0.39, 0.29) is 11.8 Å². The van der Waals surface area contributed by atoms with Gasteiger partial charge in [-0.3, -0.25) is 0 Å². The lowest BCUT2D eigenvalue weighted by atomic mass is 10.1. The first-order chi connectivity index (χ1) is 8.37. The highest BCUT2D eigenvalue weighted by atomic mass is 32.2. The van der Waals surface area contributed by atoms with Crippen molar-refractivity contribution < 1.29 is 13.5 Å². The number of aromatic hydroxyl groups is 1. The molecular weight excluding hydrogens is 252 g/mol. The third-order valence-electron chi connectivity index (χ3n) is 2.46. The molecule has 0 heterocycles. The maximum absolute atomic E-state index is 10.8. The SMILES string of the molecule is CC(Cc1ccc(O)cc1)NCCNS(C)(=O)=O. The van der Waals surface area contributed by atoms with Crippen molar-refractivity contribution >= 4 is 10.0 Å². The average molecular weight is 272 g/mol. The highest BCUT2D eigenvalue weighted by Gasteiger charge is 2.04. The van der Waals surface area contributed by atoms with Crippen molar-refractivity contribution in [2.24, 2.45) is 0 Å². The van der Waals surface area contributed by atoms with Gasteiger partial charge in [-0.15, -0.1) is 0 Å². The second-order valence-corrected chi connectivity index (χ2v) is 6.23. The number of hydrogen-bond acceptors (Lipinski definition) is 4. The van der Waals surface area contributed by atoms with Gasteiger partial charge in [0, 0.05) is 19.1 Å². The lowest BCUT2D eigenvalue weighted by Gasteiger charge is -2.14. The van der Waals surface area contributed by atoms with E-state index in [1.807, 2.05) is 19.1 Å². The number of sulfonamides is 1. The van der Waals surface area contributed by atoms with Gasteiger partial charge in [0.15, 0.2) is 0 Å². The van der Waals surface area contributed by atoms with E-state index in [9.17, 15) is 8.42 Å². The molecule has 0 aliphatic carbocycles. The maximum atomic E-state index is 10.8. The van der Waals surface area contributed by atoms with Crippen LogP contribution in [0.15, 0.2) is 24.3 Å². The Morgan fingerprint density at radius 3 is 2.39 bits per heavy atom. The first-order valence-corrected chi connectivity index (χ1v) is 7.72. The number of rotatable bonds is 7. The molecule has 1 atom stereocenters. The number of phenols is 1. The van der Waals surface area contributed by atoms with Gasteiger partial charge in [-0.2, -0.15) is 0 Å². The molecule has 1 rings (SSSR count). The molecular formula is C12H20N2O3S. The van der Waals surface area contributed by atoms with Crippen molar-refractivity contribution in [1.82, 2.24) is 10.0 Å². The van der Waals surface area contributed by atoms with Crippen LogP contribution in [0, 0.1) is 0 Å². The molecule has 0 saturated heterocycles. The molecule has 0 aliphatic rings. The molecule has 3 N–H and O–H groups in total. The summed E-state index contributed by atoms with van der Waals surface area (Å²) in [6.45, 7) is 3.01. The minimum atomic E-state index is -3.10. The first-order valence-electron chi connectivity index (χ1n) is 5.83. The van der Waals surface area contributed by atoms with Crippen molar-refractivity contribution in [3.63, 3.8) is 0 Å². The van der Waals surface area contributed by atoms with Crippen LogP contribution < -0.4 is 10.0 Å². The Morgan fingerprint density at radius 1 is 1.22 bits per heavy atom. The molecule has 0 aromatic heterocycles. The molecule has 0 bridgehead atoms. The van der Waals surface area contributed by atoms with Crippen LogP contribution in [-0.4, -0.2) is 38.9 Å². The molecule has 5 nitrogen and oxygen atoms in total. The summed E-state index contributed by atoms with van der Waals surface area (Å²) < 4.78 is 24.1. The van der Waals surface area contributed by atoms with Gasteiger partial charge < -0.3 is 10.4 Å². The van der Waals surface area contributed by atoms with E-state index in [2.05, 4.69) is 10.0 Å². The standard InChI is InChI=1S/C12H20N2O3S/c1-10(13-7-8-14-18(2,16)17)9-11-3-5-12(15)6-4-11/h3-6,10,13-15H,7-9H2,1-2H3. The minimum Gasteiger partial charge on any atom is -0.508 e. The zero-order valence-electron chi connectivity index (χ0n) is 10.7. The number of hydrogen-bond donors (Lipinski definition) is 3. The summed E-state index contributed by atoms with van der Waals surface area (Å²) in [5, 5.41) is 12.4. The smallest absolute Gasteiger partial charge is 0.208 e. The van der Waals surface area contributed by atoms with Gasteiger partial charge in [0.2, 0.25) is 10.0 Å². The van der Waals surface area contributed by atoms with Crippen molar-refractivity contribution in [2.45, 2.75) is 19.4 Å². The normalized spacial score (nSPS) is 13.4. The summed E-state index contributed by atoms with van der Waals surface area (Å²) in [7, 11) is -3.10.